The molecule has 0 aliphatic carbocycles. The molecule has 0 saturated carbocycles. The van der Waals surface area contributed by atoms with Crippen molar-refractivity contribution in [2.24, 2.45) is 0 Å². The minimum absolute atomic E-state index is 0.0886. The molecule has 0 aliphatic heterocycles. The zero-order valence-electron chi connectivity index (χ0n) is 7.52. The molecule has 64 valence electrons. The predicted molar refractivity (Wildman–Crippen MR) is 45.5 cm³/mol. The topological polar surface area (TPSA) is 26.3 Å². The van der Waals surface area contributed by atoms with Crippen molar-refractivity contribution in [2.45, 2.75) is 33.3 Å². The largest absolute Gasteiger partial charge is 0.378 e. The fourth-order valence-electron chi connectivity index (χ4n) is 0.601. The van der Waals surface area contributed by atoms with Gasteiger partial charge in [0.05, 0.1) is 12.7 Å². The number of carbonyl (C=O) groups excluding carboxylic acids is 1. The van der Waals surface area contributed by atoms with Gasteiger partial charge in [-0.2, -0.15) is 0 Å². The van der Waals surface area contributed by atoms with E-state index in [-0.39, 0.29) is 11.9 Å². The molecule has 0 unspecified atom stereocenters. The van der Waals surface area contributed by atoms with E-state index in [1.807, 2.05) is 13.8 Å². The molecule has 11 heavy (non-hydrogen) atoms. The summed E-state index contributed by atoms with van der Waals surface area (Å²) in [5.74, 6) is 0.0886. The molecule has 2 nitrogen and oxygen atoms in total. The Hall–Kier alpha value is -0.630. The Morgan fingerprint density at radius 1 is 1.55 bits per heavy atom. The van der Waals surface area contributed by atoms with Gasteiger partial charge in [-0.15, -0.1) is 0 Å². The van der Waals surface area contributed by atoms with Gasteiger partial charge in [0.1, 0.15) is 0 Å². The highest BCUT2D eigenvalue weighted by atomic mass is 16.5. The van der Waals surface area contributed by atoms with E-state index >= 15 is 0 Å². The van der Waals surface area contributed by atoms with Crippen molar-refractivity contribution in [3.63, 3.8) is 0 Å². The van der Waals surface area contributed by atoms with E-state index in [2.05, 4.69) is 6.58 Å². The van der Waals surface area contributed by atoms with Gasteiger partial charge in [0.15, 0.2) is 5.78 Å². The van der Waals surface area contributed by atoms with Crippen LogP contribution in [-0.2, 0) is 9.53 Å². The fraction of sp³-hybridized carbons (Fsp3) is 0.667. The molecular weight excluding hydrogens is 140 g/mol. The van der Waals surface area contributed by atoms with Gasteiger partial charge in [-0.05, 0) is 26.3 Å². The third-order valence-corrected chi connectivity index (χ3v) is 1.26. The minimum atomic E-state index is 0.0886. The van der Waals surface area contributed by atoms with Crippen LogP contribution in [0.15, 0.2) is 12.2 Å². The van der Waals surface area contributed by atoms with E-state index in [9.17, 15) is 4.79 Å². The van der Waals surface area contributed by atoms with Gasteiger partial charge in [-0.3, -0.25) is 4.79 Å². The number of rotatable bonds is 5. The Bertz CT molecular complexity index is 148. The van der Waals surface area contributed by atoms with E-state index < -0.39 is 0 Å². The Kier molecular flexibility index (Phi) is 4.79. The van der Waals surface area contributed by atoms with Crippen molar-refractivity contribution in [2.75, 3.05) is 6.61 Å². The van der Waals surface area contributed by atoms with Crippen LogP contribution in [0.5, 0.6) is 0 Å². The van der Waals surface area contributed by atoms with E-state index in [4.69, 9.17) is 4.74 Å². The number of allylic oxidation sites excluding steroid dienone is 1. The van der Waals surface area contributed by atoms with Gasteiger partial charge in [0.2, 0.25) is 0 Å². The van der Waals surface area contributed by atoms with Crippen LogP contribution in [0.25, 0.3) is 0 Å². The zero-order chi connectivity index (χ0) is 8.85. The summed E-state index contributed by atoms with van der Waals surface area (Å²) >= 11 is 0. The highest BCUT2D eigenvalue weighted by Gasteiger charge is 2.02. The molecule has 0 rings (SSSR count). The third-order valence-electron chi connectivity index (χ3n) is 1.26. The Labute approximate surface area is 68.2 Å². The quantitative estimate of drug-likeness (QED) is 0.569. The van der Waals surface area contributed by atoms with Crippen molar-refractivity contribution >= 4 is 5.78 Å². The van der Waals surface area contributed by atoms with Crippen LogP contribution in [-0.4, -0.2) is 18.5 Å². The van der Waals surface area contributed by atoms with Crippen LogP contribution >= 0.6 is 0 Å². The number of ether oxygens (including phenoxy) is 1. The van der Waals surface area contributed by atoms with Gasteiger partial charge >= 0.3 is 0 Å². The first-order chi connectivity index (χ1) is 5.04. The van der Waals surface area contributed by atoms with Gasteiger partial charge in [0.25, 0.3) is 0 Å². The fourth-order valence-corrected chi connectivity index (χ4v) is 0.601. The van der Waals surface area contributed by atoms with Crippen LogP contribution in [0.1, 0.15) is 27.2 Å². The lowest BCUT2D eigenvalue weighted by Crippen LogP contribution is -2.08. The molecule has 0 saturated heterocycles. The molecular formula is C9H16O2. The molecule has 0 bridgehead atoms. The first-order valence-electron chi connectivity index (χ1n) is 3.84. The lowest BCUT2D eigenvalue weighted by molar-refractivity contribution is -0.116. The van der Waals surface area contributed by atoms with Crippen LogP contribution in [0.3, 0.4) is 0 Å². The molecule has 0 amide bonds. The summed E-state index contributed by atoms with van der Waals surface area (Å²) in [5.41, 5.74) is 0.609. The SMILES string of the molecule is C=C(C)C(=O)CCOC(C)C. The average Bonchev–Trinajstić information content (AvgIpc) is 1.86. The first-order valence-corrected chi connectivity index (χ1v) is 3.84. The average molecular weight is 156 g/mol. The van der Waals surface area contributed by atoms with Crippen molar-refractivity contribution in [1.82, 2.24) is 0 Å². The van der Waals surface area contributed by atoms with Crippen LogP contribution in [0.4, 0.5) is 0 Å². The second-order valence-corrected chi connectivity index (χ2v) is 2.87. The lowest BCUT2D eigenvalue weighted by atomic mass is 10.2. The smallest absolute Gasteiger partial charge is 0.160 e. The van der Waals surface area contributed by atoms with Gasteiger partial charge in [-0.1, -0.05) is 6.58 Å². The Morgan fingerprint density at radius 2 is 2.09 bits per heavy atom. The Balaban J connectivity index is 3.40. The highest BCUT2D eigenvalue weighted by molar-refractivity contribution is 5.94. The summed E-state index contributed by atoms with van der Waals surface area (Å²) in [7, 11) is 0. The van der Waals surface area contributed by atoms with Crippen LogP contribution < -0.4 is 0 Å². The number of Topliss-reactive ketones (excluding diaryl/α,β-unsaturated/α-hetero) is 1. The molecule has 0 radical (unpaired) electrons. The third kappa shape index (κ3) is 5.80. The second kappa shape index (κ2) is 5.08. The van der Waals surface area contributed by atoms with Gasteiger partial charge < -0.3 is 4.74 Å². The summed E-state index contributed by atoms with van der Waals surface area (Å²) < 4.78 is 5.20. The van der Waals surface area contributed by atoms with E-state index in [1.165, 1.54) is 0 Å². The summed E-state index contributed by atoms with van der Waals surface area (Å²) in [6.45, 7) is 9.67. The lowest BCUT2D eigenvalue weighted by Gasteiger charge is -2.05. The molecule has 0 fully saturated rings. The maximum absolute atomic E-state index is 10.9. The molecule has 0 spiro atoms. The monoisotopic (exact) mass is 156 g/mol. The van der Waals surface area contributed by atoms with Crippen molar-refractivity contribution in [3.05, 3.63) is 12.2 Å². The normalized spacial score (nSPS) is 10.2. The van der Waals surface area contributed by atoms with Crippen molar-refractivity contribution < 1.29 is 9.53 Å². The zero-order valence-corrected chi connectivity index (χ0v) is 7.52. The number of carbonyl (C=O) groups is 1. The molecule has 0 aliphatic rings. The van der Waals surface area contributed by atoms with Crippen molar-refractivity contribution in [1.29, 1.82) is 0 Å². The first kappa shape index (κ1) is 10.4. The minimum Gasteiger partial charge on any atom is -0.378 e. The standard InChI is InChI=1S/C9H16O2/c1-7(2)9(10)5-6-11-8(3)4/h8H,1,5-6H2,2-4H3. The van der Waals surface area contributed by atoms with Gasteiger partial charge in [-0.25, -0.2) is 0 Å². The molecule has 0 atom stereocenters. The summed E-state index contributed by atoms with van der Waals surface area (Å²) in [5, 5.41) is 0. The summed E-state index contributed by atoms with van der Waals surface area (Å²) in [6, 6.07) is 0. The molecule has 0 aromatic rings. The maximum atomic E-state index is 10.9. The van der Waals surface area contributed by atoms with E-state index in [0.717, 1.165) is 0 Å². The van der Waals surface area contributed by atoms with Gasteiger partial charge in [0, 0.05) is 6.42 Å². The Morgan fingerprint density at radius 3 is 2.45 bits per heavy atom. The van der Waals surface area contributed by atoms with Crippen molar-refractivity contribution in [3.8, 4) is 0 Å². The molecule has 0 heterocycles. The molecule has 0 aromatic carbocycles. The number of hydrogen-bond acceptors (Lipinski definition) is 2. The van der Waals surface area contributed by atoms with E-state index in [0.29, 0.717) is 18.6 Å². The second-order valence-electron chi connectivity index (χ2n) is 2.87. The highest BCUT2D eigenvalue weighted by Crippen LogP contribution is 1.97. The number of ketones is 1. The maximum Gasteiger partial charge on any atom is 0.160 e. The van der Waals surface area contributed by atoms with Crippen LogP contribution in [0.2, 0.25) is 0 Å². The van der Waals surface area contributed by atoms with Crippen LogP contribution in [0, 0.1) is 0 Å². The summed E-state index contributed by atoms with van der Waals surface area (Å²) in [6.07, 6.45) is 0.654. The van der Waals surface area contributed by atoms with E-state index in [1.54, 1.807) is 6.92 Å². The molecule has 0 N–H and O–H groups in total. The predicted octanol–water partition coefficient (Wildman–Crippen LogP) is 1.95. The molecule has 0 aromatic heterocycles. The molecule has 2 heteroatoms. The summed E-state index contributed by atoms with van der Waals surface area (Å²) in [4.78, 5) is 10.9. The number of hydrogen-bond donors (Lipinski definition) is 0.